The van der Waals surface area contributed by atoms with Gasteiger partial charge in [-0.3, -0.25) is 4.79 Å². The Morgan fingerprint density at radius 1 is 1.14 bits per heavy atom. The van der Waals surface area contributed by atoms with E-state index in [1.807, 2.05) is 24.3 Å². The molecule has 0 aliphatic rings. The highest BCUT2D eigenvalue weighted by atomic mass is 16.5. The fourth-order valence-electron chi connectivity index (χ4n) is 2.24. The summed E-state index contributed by atoms with van der Waals surface area (Å²) in [7, 11) is 1.56. The Morgan fingerprint density at radius 2 is 1.76 bits per heavy atom. The van der Waals surface area contributed by atoms with Gasteiger partial charge in [-0.15, -0.1) is 0 Å². The smallest absolute Gasteiger partial charge is 0.193 e. The van der Waals surface area contributed by atoms with Crippen molar-refractivity contribution < 1.29 is 9.53 Å². The molecule has 0 radical (unpaired) electrons. The minimum absolute atomic E-state index is 0.0277. The molecule has 0 fully saturated rings. The molecule has 0 aliphatic heterocycles. The summed E-state index contributed by atoms with van der Waals surface area (Å²) in [5.74, 6) is 1.06. The van der Waals surface area contributed by atoms with E-state index in [0.717, 1.165) is 6.42 Å². The van der Waals surface area contributed by atoms with Crippen LogP contribution in [0.5, 0.6) is 5.75 Å². The molecule has 1 atom stereocenters. The van der Waals surface area contributed by atoms with Gasteiger partial charge >= 0.3 is 0 Å². The van der Waals surface area contributed by atoms with E-state index in [1.165, 1.54) is 5.56 Å². The van der Waals surface area contributed by atoms with Crippen molar-refractivity contribution in [3.8, 4) is 5.75 Å². The Bertz CT molecular complexity index is 632. The van der Waals surface area contributed by atoms with E-state index in [0.29, 0.717) is 28.5 Å². The first-order valence-electron chi connectivity index (χ1n) is 7.15. The van der Waals surface area contributed by atoms with E-state index < -0.39 is 0 Å². The number of carbonyl (C=O) groups excluding carboxylic acids is 1. The van der Waals surface area contributed by atoms with Gasteiger partial charge in [-0.2, -0.15) is 0 Å². The van der Waals surface area contributed by atoms with Gasteiger partial charge in [0.05, 0.1) is 12.8 Å². The minimum Gasteiger partial charge on any atom is -0.495 e. The van der Waals surface area contributed by atoms with Crippen molar-refractivity contribution >= 4 is 11.5 Å². The second-order valence-corrected chi connectivity index (χ2v) is 5.22. The maximum Gasteiger partial charge on any atom is 0.193 e. The van der Waals surface area contributed by atoms with Crippen LogP contribution in [0.2, 0.25) is 0 Å². The van der Waals surface area contributed by atoms with Crippen LogP contribution >= 0.6 is 0 Å². The number of carbonyl (C=O) groups is 1. The first-order valence-corrected chi connectivity index (χ1v) is 7.15. The molecule has 0 amide bonds. The first-order chi connectivity index (χ1) is 10.1. The van der Waals surface area contributed by atoms with Crippen molar-refractivity contribution in [3.05, 3.63) is 59.2 Å². The predicted octanol–water partition coefficient (Wildman–Crippen LogP) is 4.02. The van der Waals surface area contributed by atoms with Crippen LogP contribution in [0.15, 0.2) is 42.5 Å². The zero-order valence-corrected chi connectivity index (χ0v) is 12.7. The van der Waals surface area contributed by atoms with Gasteiger partial charge in [0.15, 0.2) is 5.78 Å². The molecule has 1 unspecified atom stereocenters. The third-order valence-corrected chi connectivity index (χ3v) is 3.85. The third-order valence-electron chi connectivity index (χ3n) is 3.85. The summed E-state index contributed by atoms with van der Waals surface area (Å²) >= 11 is 0. The topological polar surface area (TPSA) is 52.3 Å². The summed E-state index contributed by atoms with van der Waals surface area (Å²) in [4.78, 5) is 12.5. The molecule has 0 heterocycles. The average Bonchev–Trinajstić information content (AvgIpc) is 2.53. The highest BCUT2D eigenvalue weighted by Crippen LogP contribution is 2.24. The quantitative estimate of drug-likeness (QED) is 0.666. The monoisotopic (exact) mass is 283 g/mol. The molecule has 110 valence electrons. The molecule has 0 saturated heterocycles. The number of nitrogen functional groups attached to an aromatic ring is 1. The van der Waals surface area contributed by atoms with Crippen LogP contribution in [0.25, 0.3) is 0 Å². The molecular formula is C18H21NO2. The minimum atomic E-state index is -0.0277. The molecule has 2 aromatic carbocycles. The number of rotatable bonds is 5. The summed E-state index contributed by atoms with van der Waals surface area (Å²) in [6, 6.07) is 12.9. The van der Waals surface area contributed by atoms with E-state index in [1.54, 1.807) is 25.3 Å². The molecule has 3 nitrogen and oxygen atoms in total. The van der Waals surface area contributed by atoms with Gasteiger partial charge in [-0.1, -0.05) is 38.1 Å². The second-order valence-electron chi connectivity index (χ2n) is 5.22. The van der Waals surface area contributed by atoms with E-state index in [-0.39, 0.29) is 5.78 Å². The number of ketones is 1. The molecule has 0 aromatic heterocycles. The van der Waals surface area contributed by atoms with E-state index in [4.69, 9.17) is 10.5 Å². The van der Waals surface area contributed by atoms with E-state index in [9.17, 15) is 4.79 Å². The van der Waals surface area contributed by atoms with Crippen LogP contribution in [0, 0.1) is 0 Å². The molecule has 2 aromatic rings. The van der Waals surface area contributed by atoms with Crippen molar-refractivity contribution in [2.75, 3.05) is 12.8 Å². The molecule has 0 saturated carbocycles. The Hall–Kier alpha value is -2.29. The van der Waals surface area contributed by atoms with Gasteiger partial charge in [0.25, 0.3) is 0 Å². The Balaban J connectivity index is 2.25. The normalized spacial score (nSPS) is 12.0. The van der Waals surface area contributed by atoms with Crippen LogP contribution in [-0.4, -0.2) is 12.9 Å². The zero-order chi connectivity index (χ0) is 15.4. The fourth-order valence-corrected chi connectivity index (χ4v) is 2.24. The van der Waals surface area contributed by atoms with Crippen LogP contribution in [0.1, 0.15) is 47.7 Å². The van der Waals surface area contributed by atoms with Crippen LogP contribution in [0.3, 0.4) is 0 Å². The number of hydrogen-bond acceptors (Lipinski definition) is 3. The lowest BCUT2D eigenvalue weighted by Crippen LogP contribution is -2.03. The molecule has 21 heavy (non-hydrogen) atoms. The molecule has 3 heteroatoms. The lowest BCUT2D eigenvalue weighted by atomic mass is 9.95. The van der Waals surface area contributed by atoms with E-state index in [2.05, 4.69) is 13.8 Å². The van der Waals surface area contributed by atoms with Crippen LogP contribution in [0.4, 0.5) is 5.69 Å². The van der Waals surface area contributed by atoms with Gasteiger partial charge in [0.2, 0.25) is 0 Å². The molecule has 2 N–H and O–H groups in total. The predicted molar refractivity (Wildman–Crippen MR) is 86.0 cm³/mol. The van der Waals surface area contributed by atoms with Crippen molar-refractivity contribution in [3.63, 3.8) is 0 Å². The fraction of sp³-hybridized carbons (Fsp3) is 0.278. The molecule has 2 rings (SSSR count). The van der Waals surface area contributed by atoms with Gasteiger partial charge in [-0.05, 0) is 36.1 Å². The molecular weight excluding hydrogens is 262 g/mol. The summed E-state index contributed by atoms with van der Waals surface area (Å²) in [5.41, 5.74) is 8.82. The summed E-state index contributed by atoms with van der Waals surface area (Å²) in [5, 5.41) is 0. The Labute approximate surface area is 125 Å². The lowest BCUT2D eigenvalue weighted by molar-refractivity contribution is 0.103. The largest absolute Gasteiger partial charge is 0.495 e. The lowest BCUT2D eigenvalue weighted by Gasteiger charge is -2.10. The van der Waals surface area contributed by atoms with Crippen molar-refractivity contribution in [1.29, 1.82) is 0 Å². The van der Waals surface area contributed by atoms with Gasteiger partial charge in [0.1, 0.15) is 5.75 Å². The molecule has 0 spiro atoms. The number of ether oxygens (including phenoxy) is 1. The Morgan fingerprint density at radius 3 is 2.29 bits per heavy atom. The number of benzene rings is 2. The second kappa shape index (κ2) is 6.44. The highest BCUT2D eigenvalue weighted by molar-refractivity contribution is 6.09. The first kappa shape index (κ1) is 15.1. The summed E-state index contributed by atoms with van der Waals surface area (Å²) in [6.45, 7) is 4.34. The number of methoxy groups -OCH3 is 1. The maximum absolute atomic E-state index is 12.5. The average molecular weight is 283 g/mol. The van der Waals surface area contributed by atoms with Crippen molar-refractivity contribution in [2.45, 2.75) is 26.2 Å². The zero-order valence-electron chi connectivity index (χ0n) is 12.7. The van der Waals surface area contributed by atoms with Crippen LogP contribution in [-0.2, 0) is 0 Å². The molecule has 0 aliphatic carbocycles. The van der Waals surface area contributed by atoms with Gasteiger partial charge < -0.3 is 10.5 Å². The number of nitrogens with two attached hydrogens (primary N) is 1. The standard InChI is InChI=1S/C18H21NO2/c1-4-12(2)13-5-7-14(8-6-13)18(20)15-9-10-17(21-3)16(19)11-15/h5-12H,4,19H2,1-3H3. The molecule has 0 bridgehead atoms. The number of hydrogen-bond donors (Lipinski definition) is 1. The van der Waals surface area contributed by atoms with Gasteiger partial charge in [-0.25, -0.2) is 0 Å². The van der Waals surface area contributed by atoms with E-state index >= 15 is 0 Å². The van der Waals surface area contributed by atoms with Gasteiger partial charge in [0, 0.05) is 11.1 Å². The SMILES string of the molecule is CCC(C)c1ccc(C(=O)c2ccc(OC)c(N)c2)cc1. The Kier molecular flexibility index (Phi) is 4.63. The van der Waals surface area contributed by atoms with Crippen molar-refractivity contribution in [1.82, 2.24) is 0 Å². The highest BCUT2D eigenvalue weighted by Gasteiger charge is 2.12. The third kappa shape index (κ3) is 3.24. The number of anilines is 1. The summed E-state index contributed by atoms with van der Waals surface area (Å²) < 4.78 is 5.10. The van der Waals surface area contributed by atoms with Crippen molar-refractivity contribution in [2.24, 2.45) is 0 Å². The van der Waals surface area contributed by atoms with Crippen LogP contribution < -0.4 is 10.5 Å². The maximum atomic E-state index is 12.5. The summed E-state index contributed by atoms with van der Waals surface area (Å²) in [6.07, 6.45) is 1.09.